The van der Waals surface area contributed by atoms with E-state index in [-0.39, 0.29) is 11.9 Å². The number of thiophene rings is 1. The first-order valence-electron chi connectivity index (χ1n) is 10.4. The molecular weight excluding hydrogens is 360 g/mol. The van der Waals surface area contributed by atoms with E-state index in [4.69, 9.17) is 4.74 Å². The number of likely N-dealkylation sites (tertiary alicyclic amines) is 1. The van der Waals surface area contributed by atoms with Gasteiger partial charge in [-0.1, -0.05) is 6.92 Å². The number of fused-ring (bicyclic) bond motifs is 1. The molecule has 1 fully saturated rings. The van der Waals surface area contributed by atoms with Crippen molar-refractivity contribution in [3.8, 4) is 0 Å². The predicted octanol–water partition coefficient (Wildman–Crippen LogP) is 4.25. The van der Waals surface area contributed by atoms with Crippen LogP contribution in [-0.2, 0) is 22.4 Å². The Morgan fingerprint density at radius 1 is 1.22 bits per heavy atom. The highest BCUT2D eigenvalue weighted by atomic mass is 32.1. The lowest BCUT2D eigenvalue weighted by molar-refractivity contribution is -0.116. The van der Waals surface area contributed by atoms with Crippen molar-refractivity contribution in [2.24, 2.45) is 5.92 Å². The van der Waals surface area contributed by atoms with E-state index in [1.54, 1.807) is 11.3 Å². The first-order valence-corrected chi connectivity index (χ1v) is 11.2. The molecule has 5 nitrogen and oxygen atoms in total. The van der Waals surface area contributed by atoms with Crippen LogP contribution in [0.5, 0.6) is 0 Å². The molecule has 1 aliphatic heterocycles. The maximum Gasteiger partial charge on any atom is 0.341 e. The zero-order valence-electron chi connectivity index (χ0n) is 16.6. The normalized spacial score (nSPS) is 18.1. The molecule has 3 rings (SSSR count). The molecule has 0 spiro atoms. The van der Waals surface area contributed by atoms with Crippen LogP contribution in [0.1, 0.15) is 73.2 Å². The van der Waals surface area contributed by atoms with Crippen LogP contribution in [0.2, 0.25) is 0 Å². The summed E-state index contributed by atoms with van der Waals surface area (Å²) in [5.74, 6) is 0.537. The second-order valence-electron chi connectivity index (χ2n) is 7.81. The first-order chi connectivity index (χ1) is 13.1. The van der Waals surface area contributed by atoms with Crippen LogP contribution in [0.15, 0.2) is 0 Å². The summed E-state index contributed by atoms with van der Waals surface area (Å²) in [7, 11) is 0. The number of rotatable bonds is 7. The number of anilines is 1. The van der Waals surface area contributed by atoms with Crippen molar-refractivity contribution in [3.63, 3.8) is 0 Å². The van der Waals surface area contributed by atoms with Gasteiger partial charge in [-0.05, 0) is 83.0 Å². The van der Waals surface area contributed by atoms with Crippen LogP contribution in [0, 0.1) is 5.92 Å². The highest BCUT2D eigenvalue weighted by Crippen LogP contribution is 2.38. The summed E-state index contributed by atoms with van der Waals surface area (Å²) in [6.07, 6.45) is 8.02. The number of aryl methyl sites for hydroxylation is 1. The topological polar surface area (TPSA) is 58.6 Å². The van der Waals surface area contributed by atoms with E-state index in [2.05, 4.69) is 17.1 Å². The summed E-state index contributed by atoms with van der Waals surface area (Å²) in [6.45, 7) is 7.75. The molecule has 0 saturated carbocycles. The number of piperidine rings is 1. The molecule has 2 aliphatic rings. The molecule has 1 aliphatic carbocycles. The van der Waals surface area contributed by atoms with Gasteiger partial charge in [-0.25, -0.2) is 4.79 Å². The Bertz CT molecular complexity index is 663. The number of nitrogens with zero attached hydrogens (tertiary/aromatic N) is 1. The van der Waals surface area contributed by atoms with Crippen molar-refractivity contribution in [3.05, 3.63) is 16.0 Å². The van der Waals surface area contributed by atoms with E-state index in [9.17, 15) is 9.59 Å². The number of nitrogens with one attached hydrogen (secondary N) is 1. The molecule has 1 saturated heterocycles. The SMILES string of the molecule is CCOC(=O)c1c(NC(=O)CCCN2CCC(C)CC2)sc2c1CCCC2. The Balaban J connectivity index is 1.56. The summed E-state index contributed by atoms with van der Waals surface area (Å²) in [6, 6.07) is 0. The van der Waals surface area contributed by atoms with Crippen LogP contribution in [-0.4, -0.2) is 43.0 Å². The van der Waals surface area contributed by atoms with Gasteiger partial charge >= 0.3 is 5.97 Å². The number of ether oxygens (including phenoxy) is 1. The van der Waals surface area contributed by atoms with Gasteiger partial charge in [-0.3, -0.25) is 4.79 Å². The number of carbonyl (C=O) groups is 2. The average Bonchev–Trinajstić information content (AvgIpc) is 3.01. The number of esters is 1. The van der Waals surface area contributed by atoms with Gasteiger partial charge in [-0.2, -0.15) is 0 Å². The van der Waals surface area contributed by atoms with Gasteiger partial charge in [0.1, 0.15) is 5.00 Å². The number of amides is 1. The molecule has 1 aromatic rings. The second-order valence-corrected chi connectivity index (χ2v) is 8.92. The maximum atomic E-state index is 12.5. The number of carbonyl (C=O) groups excluding carboxylic acids is 2. The lowest BCUT2D eigenvalue weighted by Crippen LogP contribution is -2.34. The van der Waals surface area contributed by atoms with E-state index in [0.29, 0.717) is 23.6 Å². The quantitative estimate of drug-likeness (QED) is 0.705. The van der Waals surface area contributed by atoms with E-state index in [1.165, 1.54) is 17.7 Å². The van der Waals surface area contributed by atoms with Gasteiger partial charge in [-0.15, -0.1) is 11.3 Å². The van der Waals surface area contributed by atoms with Gasteiger partial charge in [0.25, 0.3) is 0 Å². The lowest BCUT2D eigenvalue weighted by atomic mass is 9.95. The fourth-order valence-electron chi connectivity index (χ4n) is 4.01. The van der Waals surface area contributed by atoms with Crippen LogP contribution >= 0.6 is 11.3 Å². The smallest absolute Gasteiger partial charge is 0.341 e. The lowest BCUT2D eigenvalue weighted by Gasteiger charge is -2.29. The molecule has 0 bridgehead atoms. The Morgan fingerprint density at radius 2 is 1.96 bits per heavy atom. The summed E-state index contributed by atoms with van der Waals surface area (Å²) in [5.41, 5.74) is 1.71. The highest BCUT2D eigenvalue weighted by molar-refractivity contribution is 7.17. The van der Waals surface area contributed by atoms with Crippen molar-refractivity contribution in [1.82, 2.24) is 4.90 Å². The number of hydrogen-bond acceptors (Lipinski definition) is 5. The summed E-state index contributed by atoms with van der Waals surface area (Å²) in [5, 5.41) is 3.70. The molecule has 1 amide bonds. The Kier molecular flexibility index (Phi) is 7.30. The summed E-state index contributed by atoms with van der Waals surface area (Å²) < 4.78 is 5.25. The van der Waals surface area contributed by atoms with E-state index in [0.717, 1.165) is 63.2 Å². The Labute approximate surface area is 166 Å². The molecule has 2 heterocycles. The zero-order chi connectivity index (χ0) is 19.2. The van der Waals surface area contributed by atoms with E-state index < -0.39 is 0 Å². The minimum Gasteiger partial charge on any atom is -0.462 e. The van der Waals surface area contributed by atoms with Gasteiger partial charge in [0.2, 0.25) is 5.91 Å². The molecule has 1 N–H and O–H groups in total. The zero-order valence-corrected chi connectivity index (χ0v) is 17.5. The monoisotopic (exact) mass is 392 g/mol. The minimum atomic E-state index is -0.297. The predicted molar refractivity (Wildman–Crippen MR) is 110 cm³/mol. The van der Waals surface area contributed by atoms with Crippen molar-refractivity contribution < 1.29 is 14.3 Å². The van der Waals surface area contributed by atoms with Crippen molar-refractivity contribution in [1.29, 1.82) is 0 Å². The molecule has 0 radical (unpaired) electrons. The third kappa shape index (κ3) is 5.32. The van der Waals surface area contributed by atoms with Crippen molar-refractivity contribution in [2.45, 2.75) is 65.2 Å². The minimum absolute atomic E-state index is 0.00419. The summed E-state index contributed by atoms with van der Waals surface area (Å²) in [4.78, 5) is 28.6. The Hall–Kier alpha value is -1.40. The van der Waals surface area contributed by atoms with Crippen LogP contribution in [0.4, 0.5) is 5.00 Å². The summed E-state index contributed by atoms with van der Waals surface area (Å²) >= 11 is 1.56. The van der Waals surface area contributed by atoms with Gasteiger partial charge < -0.3 is 15.0 Å². The fraction of sp³-hybridized carbons (Fsp3) is 0.714. The molecule has 6 heteroatoms. The number of hydrogen-bond donors (Lipinski definition) is 1. The second kappa shape index (κ2) is 9.69. The third-order valence-electron chi connectivity index (χ3n) is 5.66. The molecule has 0 unspecified atom stereocenters. The standard InChI is InChI=1S/C21H32N2O3S/c1-3-26-21(25)19-16-7-4-5-8-17(16)27-20(19)22-18(24)9-6-12-23-13-10-15(2)11-14-23/h15H,3-14H2,1-2H3,(H,22,24). The third-order valence-corrected chi connectivity index (χ3v) is 6.87. The molecule has 27 heavy (non-hydrogen) atoms. The van der Waals surface area contributed by atoms with Crippen molar-refractivity contribution >= 4 is 28.2 Å². The van der Waals surface area contributed by atoms with Gasteiger partial charge in [0.05, 0.1) is 12.2 Å². The fourth-order valence-corrected chi connectivity index (χ4v) is 5.30. The Morgan fingerprint density at radius 3 is 2.70 bits per heavy atom. The van der Waals surface area contributed by atoms with Crippen LogP contribution < -0.4 is 5.32 Å². The molecule has 0 atom stereocenters. The van der Waals surface area contributed by atoms with Gasteiger partial charge in [0.15, 0.2) is 0 Å². The van der Waals surface area contributed by atoms with Gasteiger partial charge in [0, 0.05) is 11.3 Å². The highest BCUT2D eigenvalue weighted by Gasteiger charge is 2.27. The van der Waals surface area contributed by atoms with Crippen molar-refractivity contribution in [2.75, 3.05) is 31.6 Å². The molecule has 1 aromatic heterocycles. The van der Waals surface area contributed by atoms with Crippen LogP contribution in [0.3, 0.4) is 0 Å². The van der Waals surface area contributed by atoms with Crippen LogP contribution in [0.25, 0.3) is 0 Å². The molecular formula is C21H32N2O3S. The maximum absolute atomic E-state index is 12.5. The molecule has 150 valence electrons. The largest absolute Gasteiger partial charge is 0.462 e. The average molecular weight is 393 g/mol. The van der Waals surface area contributed by atoms with E-state index in [1.807, 2.05) is 6.92 Å². The molecule has 0 aromatic carbocycles. The van der Waals surface area contributed by atoms with E-state index >= 15 is 0 Å². The first kappa shape index (κ1) is 20.3.